The molecule has 0 spiro atoms. The van der Waals surface area contributed by atoms with E-state index in [0.717, 1.165) is 5.56 Å². The number of carboxylic acid groups (broad SMARTS) is 1. The Balaban J connectivity index is 1.68. The molecule has 0 bridgehead atoms. The minimum Gasteiger partial charge on any atom is -0.478 e. The maximum atomic E-state index is 11.7. The van der Waals surface area contributed by atoms with Crippen LogP contribution in [0.2, 0.25) is 0 Å². The number of aliphatic carboxylic acids is 1. The minimum absolute atomic E-state index is 0.140. The van der Waals surface area contributed by atoms with Crippen molar-refractivity contribution in [2.75, 3.05) is 0 Å². The number of hydrogen-bond acceptors (Lipinski definition) is 5. The largest absolute Gasteiger partial charge is 0.478 e. The third-order valence-electron chi connectivity index (χ3n) is 4.18. The standard InChI is InChI=1S/C24H19N3O5/c25-24(31)27-22(28)12-5-16-3-8-19(9-4-16)32-20-10-6-18(7-11-20)21(23(29)30)14-17-2-1-13-26-15-17/h1-15H,(H,29,30)(H3,25,27,28,31). The second kappa shape index (κ2) is 10.4. The minimum atomic E-state index is -1.05. The molecule has 2 aromatic carbocycles. The fourth-order valence-corrected chi connectivity index (χ4v) is 2.72. The van der Waals surface area contributed by atoms with Crippen molar-refractivity contribution in [1.29, 1.82) is 0 Å². The summed E-state index contributed by atoms with van der Waals surface area (Å²) in [5.74, 6) is -0.572. The van der Waals surface area contributed by atoms with E-state index in [0.29, 0.717) is 22.6 Å². The summed E-state index contributed by atoms with van der Waals surface area (Å²) in [5.41, 5.74) is 6.95. The maximum absolute atomic E-state index is 11.7. The molecule has 3 amide bonds. The van der Waals surface area contributed by atoms with Gasteiger partial charge in [-0.05, 0) is 59.2 Å². The van der Waals surface area contributed by atoms with E-state index in [-0.39, 0.29) is 5.57 Å². The van der Waals surface area contributed by atoms with E-state index >= 15 is 0 Å². The van der Waals surface area contributed by atoms with Gasteiger partial charge in [-0.25, -0.2) is 9.59 Å². The van der Waals surface area contributed by atoms with Gasteiger partial charge in [0.1, 0.15) is 11.5 Å². The van der Waals surface area contributed by atoms with E-state index in [2.05, 4.69) is 4.98 Å². The number of ether oxygens (including phenoxy) is 1. The van der Waals surface area contributed by atoms with E-state index in [9.17, 15) is 19.5 Å². The van der Waals surface area contributed by atoms with Crippen LogP contribution in [0.15, 0.2) is 79.1 Å². The molecule has 3 rings (SSSR count). The number of nitrogens with zero attached hydrogens (tertiary/aromatic N) is 1. The molecule has 0 unspecified atom stereocenters. The lowest BCUT2D eigenvalue weighted by Gasteiger charge is -2.08. The van der Waals surface area contributed by atoms with Gasteiger partial charge in [0.2, 0.25) is 0 Å². The zero-order chi connectivity index (χ0) is 22.9. The second-order valence-corrected chi connectivity index (χ2v) is 6.53. The molecule has 32 heavy (non-hydrogen) atoms. The Hall–Kier alpha value is -4.72. The first-order valence-electron chi connectivity index (χ1n) is 9.42. The number of pyridine rings is 1. The van der Waals surface area contributed by atoms with Crippen LogP contribution in [0.3, 0.4) is 0 Å². The number of carbonyl (C=O) groups excluding carboxylic acids is 2. The molecule has 0 aliphatic heterocycles. The fraction of sp³-hybridized carbons (Fsp3) is 0. The molecule has 0 fully saturated rings. The van der Waals surface area contributed by atoms with E-state index in [4.69, 9.17) is 10.5 Å². The van der Waals surface area contributed by atoms with Crippen LogP contribution in [-0.2, 0) is 9.59 Å². The Labute approximate surface area is 183 Å². The summed E-state index contributed by atoms with van der Waals surface area (Å²) >= 11 is 0. The van der Waals surface area contributed by atoms with Gasteiger partial charge >= 0.3 is 12.0 Å². The number of aromatic nitrogens is 1. The second-order valence-electron chi connectivity index (χ2n) is 6.53. The number of benzene rings is 2. The SMILES string of the molecule is NC(=O)NC(=O)C=Cc1ccc(Oc2ccc(C(=Cc3cccnc3)C(=O)O)cc2)cc1. The Morgan fingerprint density at radius 2 is 1.59 bits per heavy atom. The summed E-state index contributed by atoms with van der Waals surface area (Å²) in [4.78, 5) is 37.7. The van der Waals surface area contributed by atoms with Crippen molar-refractivity contribution >= 4 is 35.6 Å². The molecule has 0 radical (unpaired) electrons. The van der Waals surface area contributed by atoms with Crippen molar-refractivity contribution < 1.29 is 24.2 Å². The van der Waals surface area contributed by atoms with Crippen molar-refractivity contribution in [3.05, 3.63) is 95.8 Å². The average Bonchev–Trinajstić information content (AvgIpc) is 2.78. The van der Waals surface area contributed by atoms with E-state index in [1.165, 1.54) is 12.2 Å². The third kappa shape index (κ3) is 6.39. The van der Waals surface area contributed by atoms with Gasteiger partial charge in [0, 0.05) is 18.5 Å². The molecule has 0 aliphatic rings. The molecule has 0 atom stereocenters. The normalized spacial score (nSPS) is 11.2. The summed E-state index contributed by atoms with van der Waals surface area (Å²) in [6, 6.07) is 16.2. The van der Waals surface area contributed by atoms with Crippen molar-refractivity contribution in [3.63, 3.8) is 0 Å². The Morgan fingerprint density at radius 3 is 2.16 bits per heavy atom. The first-order chi connectivity index (χ1) is 15.4. The maximum Gasteiger partial charge on any atom is 0.336 e. The topological polar surface area (TPSA) is 132 Å². The molecular formula is C24H19N3O5. The van der Waals surface area contributed by atoms with E-state index in [1.54, 1.807) is 79.1 Å². The number of primary amides is 1. The molecule has 0 saturated carbocycles. The lowest BCUT2D eigenvalue weighted by Crippen LogP contribution is -2.33. The highest BCUT2D eigenvalue weighted by molar-refractivity contribution is 6.20. The lowest BCUT2D eigenvalue weighted by atomic mass is 10.0. The zero-order valence-electron chi connectivity index (χ0n) is 16.8. The number of rotatable bonds is 7. The molecule has 4 N–H and O–H groups in total. The zero-order valence-corrected chi connectivity index (χ0v) is 16.8. The van der Waals surface area contributed by atoms with Gasteiger partial charge < -0.3 is 15.6 Å². The molecule has 160 valence electrons. The molecule has 8 heteroatoms. The predicted molar refractivity (Wildman–Crippen MR) is 119 cm³/mol. The quantitative estimate of drug-likeness (QED) is 0.491. The monoisotopic (exact) mass is 429 g/mol. The van der Waals surface area contributed by atoms with Crippen LogP contribution in [0.5, 0.6) is 11.5 Å². The van der Waals surface area contributed by atoms with Crippen molar-refractivity contribution in [3.8, 4) is 11.5 Å². The van der Waals surface area contributed by atoms with Crippen molar-refractivity contribution in [1.82, 2.24) is 10.3 Å². The van der Waals surface area contributed by atoms with Crippen molar-refractivity contribution in [2.24, 2.45) is 5.73 Å². The Morgan fingerprint density at radius 1 is 0.938 bits per heavy atom. The first kappa shape index (κ1) is 22.0. The Bertz CT molecular complexity index is 1170. The van der Waals surface area contributed by atoms with Crippen molar-refractivity contribution in [2.45, 2.75) is 0 Å². The lowest BCUT2D eigenvalue weighted by molar-refractivity contribution is -0.130. The van der Waals surface area contributed by atoms with Gasteiger partial charge in [-0.1, -0.05) is 30.3 Å². The summed E-state index contributed by atoms with van der Waals surface area (Å²) < 4.78 is 5.78. The van der Waals surface area contributed by atoms with Crippen LogP contribution >= 0.6 is 0 Å². The van der Waals surface area contributed by atoms with Crippen LogP contribution in [0.4, 0.5) is 4.79 Å². The highest BCUT2D eigenvalue weighted by Crippen LogP contribution is 2.25. The highest BCUT2D eigenvalue weighted by atomic mass is 16.5. The van der Waals surface area contributed by atoms with Crippen LogP contribution in [-0.4, -0.2) is 28.0 Å². The predicted octanol–water partition coefficient (Wildman–Crippen LogP) is 3.71. The number of carboxylic acids is 1. The number of nitrogens with two attached hydrogens (primary N) is 1. The molecule has 8 nitrogen and oxygen atoms in total. The fourth-order valence-electron chi connectivity index (χ4n) is 2.72. The summed E-state index contributed by atoms with van der Waals surface area (Å²) in [7, 11) is 0. The van der Waals surface area contributed by atoms with E-state index < -0.39 is 17.9 Å². The van der Waals surface area contributed by atoms with Crippen LogP contribution in [0, 0.1) is 0 Å². The van der Waals surface area contributed by atoms with Crippen LogP contribution < -0.4 is 15.8 Å². The molecule has 0 saturated heterocycles. The number of hydrogen-bond donors (Lipinski definition) is 3. The van der Waals surface area contributed by atoms with Crippen LogP contribution in [0.1, 0.15) is 16.7 Å². The third-order valence-corrected chi connectivity index (χ3v) is 4.18. The van der Waals surface area contributed by atoms with Gasteiger partial charge in [0.15, 0.2) is 0 Å². The van der Waals surface area contributed by atoms with Gasteiger partial charge in [-0.3, -0.25) is 15.1 Å². The smallest absolute Gasteiger partial charge is 0.336 e. The highest BCUT2D eigenvalue weighted by Gasteiger charge is 2.11. The number of carbonyl (C=O) groups is 3. The summed E-state index contributed by atoms with van der Waals surface area (Å²) in [6.45, 7) is 0. The average molecular weight is 429 g/mol. The van der Waals surface area contributed by atoms with E-state index in [1.807, 2.05) is 5.32 Å². The van der Waals surface area contributed by atoms with Gasteiger partial charge in [-0.15, -0.1) is 0 Å². The summed E-state index contributed by atoms with van der Waals surface area (Å²) in [6.07, 6.45) is 7.48. The number of amides is 3. The first-order valence-corrected chi connectivity index (χ1v) is 9.42. The molecular weight excluding hydrogens is 410 g/mol. The number of urea groups is 1. The molecule has 1 heterocycles. The summed E-state index contributed by atoms with van der Waals surface area (Å²) in [5, 5.41) is 11.5. The molecule has 1 aromatic heterocycles. The van der Waals surface area contributed by atoms with Gasteiger partial charge in [-0.2, -0.15) is 0 Å². The van der Waals surface area contributed by atoms with Crippen LogP contribution in [0.25, 0.3) is 17.7 Å². The molecule has 3 aromatic rings. The van der Waals surface area contributed by atoms with Gasteiger partial charge in [0.25, 0.3) is 5.91 Å². The number of imide groups is 1. The Kier molecular flexibility index (Phi) is 7.11. The number of nitrogens with one attached hydrogen (secondary N) is 1. The molecule has 0 aliphatic carbocycles. The van der Waals surface area contributed by atoms with Gasteiger partial charge in [0.05, 0.1) is 5.57 Å².